The van der Waals surface area contributed by atoms with Crippen molar-refractivity contribution in [2.24, 2.45) is 0 Å². The number of methoxy groups -OCH3 is 1. The number of carbonyl (C=O) groups is 1. The number of ether oxygens (including phenoxy) is 1. The summed E-state index contributed by atoms with van der Waals surface area (Å²) in [5, 5.41) is 2.81. The molecule has 1 amide bonds. The minimum Gasteiger partial charge on any atom is -0.496 e. The highest BCUT2D eigenvalue weighted by atomic mass is 79.9. The van der Waals surface area contributed by atoms with Crippen molar-refractivity contribution >= 4 is 21.8 Å². The fourth-order valence-electron chi connectivity index (χ4n) is 1.57. The maximum atomic E-state index is 12.1. The van der Waals surface area contributed by atoms with Crippen LogP contribution < -0.4 is 10.1 Å². The molecule has 0 aliphatic rings. The molecule has 0 fully saturated rings. The van der Waals surface area contributed by atoms with Crippen molar-refractivity contribution in [1.29, 1.82) is 0 Å². The molecule has 0 aromatic heterocycles. The molecule has 1 rings (SSSR count). The highest BCUT2D eigenvalue weighted by Gasteiger charge is 2.15. The van der Waals surface area contributed by atoms with Crippen molar-refractivity contribution in [3.63, 3.8) is 0 Å². The molecule has 0 aliphatic heterocycles. The molecule has 1 atom stereocenters. The van der Waals surface area contributed by atoms with E-state index in [0.29, 0.717) is 11.3 Å². The van der Waals surface area contributed by atoms with Gasteiger partial charge < -0.3 is 10.1 Å². The van der Waals surface area contributed by atoms with Crippen LogP contribution in [0.25, 0.3) is 0 Å². The molecule has 0 radical (unpaired) electrons. The first-order valence-corrected chi connectivity index (χ1v) is 6.52. The summed E-state index contributed by atoms with van der Waals surface area (Å²) >= 11 is 3.33. The predicted octanol–water partition coefficient (Wildman–Crippen LogP) is 2.99. The highest BCUT2D eigenvalue weighted by Crippen LogP contribution is 2.23. The summed E-state index contributed by atoms with van der Waals surface area (Å²) in [6, 6.07) is 5.01. The Labute approximate surface area is 116 Å². The monoisotopic (exact) mass is 309 g/mol. The van der Waals surface area contributed by atoms with Crippen molar-refractivity contribution in [2.75, 3.05) is 7.11 Å². The van der Waals surface area contributed by atoms with E-state index in [1.807, 2.05) is 6.92 Å². The molecule has 1 aromatic carbocycles. The lowest BCUT2D eigenvalue weighted by Crippen LogP contribution is -2.33. The zero-order valence-electron chi connectivity index (χ0n) is 10.5. The molecule has 1 N–H and O–H groups in total. The molecule has 3 nitrogen and oxygen atoms in total. The molecule has 1 aromatic rings. The van der Waals surface area contributed by atoms with Gasteiger partial charge in [0.2, 0.25) is 0 Å². The first kappa shape index (κ1) is 14.6. The summed E-state index contributed by atoms with van der Waals surface area (Å²) in [6.45, 7) is 2.02. The fourth-order valence-corrected chi connectivity index (χ4v) is 1.91. The number of amides is 1. The van der Waals surface area contributed by atoms with E-state index in [9.17, 15) is 4.79 Å². The van der Waals surface area contributed by atoms with E-state index in [0.717, 1.165) is 17.3 Å². The second kappa shape index (κ2) is 7.07. The lowest BCUT2D eigenvalue weighted by Gasteiger charge is -2.14. The van der Waals surface area contributed by atoms with Gasteiger partial charge >= 0.3 is 0 Å². The third kappa shape index (κ3) is 3.78. The van der Waals surface area contributed by atoms with Crippen molar-refractivity contribution in [3.8, 4) is 18.1 Å². The number of halogens is 1. The average Bonchev–Trinajstić information content (AvgIpc) is 2.37. The van der Waals surface area contributed by atoms with Crippen LogP contribution in [-0.2, 0) is 0 Å². The summed E-state index contributed by atoms with van der Waals surface area (Å²) in [6.07, 6.45) is 7.06. The van der Waals surface area contributed by atoms with Crippen LogP contribution in [0.4, 0.5) is 0 Å². The van der Waals surface area contributed by atoms with Crippen LogP contribution in [0.2, 0.25) is 0 Å². The smallest absolute Gasteiger partial charge is 0.256 e. The molecule has 1 unspecified atom stereocenters. The van der Waals surface area contributed by atoms with Crippen molar-refractivity contribution < 1.29 is 9.53 Å². The maximum Gasteiger partial charge on any atom is 0.256 e. The molecule has 0 bridgehead atoms. The second-order valence-electron chi connectivity index (χ2n) is 3.83. The largest absolute Gasteiger partial charge is 0.496 e. The summed E-state index contributed by atoms with van der Waals surface area (Å²) in [4.78, 5) is 12.1. The van der Waals surface area contributed by atoms with E-state index in [-0.39, 0.29) is 11.9 Å². The van der Waals surface area contributed by atoms with Crippen LogP contribution in [0, 0.1) is 12.3 Å². The maximum absolute atomic E-state index is 12.1. The zero-order chi connectivity index (χ0) is 13.5. The van der Waals surface area contributed by atoms with Crippen molar-refractivity contribution in [1.82, 2.24) is 5.32 Å². The van der Waals surface area contributed by atoms with Gasteiger partial charge in [-0.2, -0.15) is 0 Å². The summed E-state index contributed by atoms with van der Waals surface area (Å²) in [7, 11) is 1.53. The van der Waals surface area contributed by atoms with E-state index >= 15 is 0 Å². The molecule has 96 valence electrons. The number of rotatable bonds is 5. The minimum atomic E-state index is -0.240. The van der Waals surface area contributed by atoms with Crippen LogP contribution in [0.3, 0.4) is 0 Å². The summed E-state index contributed by atoms with van der Waals surface area (Å²) < 4.78 is 6.04. The van der Waals surface area contributed by atoms with E-state index in [1.54, 1.807) is 18.2 Å². The third-order valence-electron chi connectivity index (χ3n) is 2.49. The Bertz CT molecular complexity index is 465. The average molecular weight is 310 g/mol. The molecular weight excluding hydrogens is 294 g/mol. The summed E-state index contributed by atoms with van der Waals surface area (Å²) in [5.41, 5.74) is 0.483. The number of hydrogen-bond acceptors (Lipinski definition) is 2. The SMILES string of the molecule is C#CC(CCC)NC(=O)c1ccc(Br)cc1OC. The van der Waals surface area contributed by atoms with Gasteiger partial charge in [0.15, 0.2) is 0 Å². The normalized spacial score (nSPS) is 11.4. The van der Waals surface area contributed by atoms with E-state index < -0.39 is 0 Å². The van der Waals surface area contributed by atoms with Crippen LogP contribution >= 0.6 is 15.9 Å². The van der Waals surface area contributed by atoms with Gasteiger partial charge in [-0.3, -0.25) is 4.79 Å². The Morgan fingerprint density at radius 1 is 1.61 bits per heavy atom. The van der Waals surface area contributed by atoms with Crippen molar-refractivity contribution in [2.45, 2.75) is 25.8 Å². The molecular formula is C14H16BrNO2. The van der Waals surface area contributed by atoms with E-state index in [4.69, 9.17) is 11.2 Å². The van der Waals surface area contributed by atoms with Gasteiger partial charge in [0, 0.05) is 4.47 Å². The molecule has 0 saturated heterocycles. The third-order valence-corrected chi connectivity index (χ3v) is 2.99. The quantitative estimate of drug-likeness (QED) is 0.849. The Morgan fingerprint density at radius 3 is 2.89 bits per heavy atom. The fraction of sp³-hybridized carbons (Fsp3) is 0.357. The lowest BCUT2D eigenvalue weighted by molar-refractivity contribution is 0.0941. The van der Waals surface area contributed by atoms with E-state index in [2.05, 4.69) is 27.2 Å². The Hall–Kier alpha value is -1.47. The van der Waals surface area contributed by atoms with Gasteiger partial charge in [-0.05, 0) is 24.6 Å². The number of nitrogens with one attached hydrogen (secondary N) is 1. The minimum absolute atomic E-state index is 0.212. The van der Waals surface area contributed by atoms with Gasteiger partial charge in [-0.15, -0.1) is 6.42 Å². The van der Waals surface area contributed by atoms with Crippen molar-refractivity contribution in [3.05, 3.63) is 28.2 Å². The Morgan fingerprint density at radius 2 is 2.33 bits per heavy atom. The molecule has 0 heterocycles. The lowest BCUT2D eigenvalue weighted by atomic mass is 10.1. The molecule has 0 spiro atoms. The molecule has 0 saturated carbocycles. The van der Waals surface area contributed by atoms with Crippen LogP contribution in [0.15, 0.2) is 22.7 Å². The zero-order valence-corrected chi connectivity index (χ0v) is 12.1. The standard InChI is InChI=1S/C14H16BrNO2/c1-4-6-11(5-2)16-14(17)12-8-7-10(15)9-13(12)18-3/h2,7-9,11H,4,6H2,1,3H3,(H,16,17). The van der Waals surface area contributed by atoms with Crippen LogP contribution in [-0.4, -0.2) is 19.1 Å². The highest BCUT2D eigenvalue weighted by molar-refractivity contribution is 9.10. The van der Waals surface area contributed by atoms with Gasteiger partial charge in [0.05, 0.1) is 18.7 Å². The van der Waals surface area contributed by atoms with Gasteiger partial charge in [-0.1, -0.05) is 35.2 Å². The van der Waals surface area contributed by atoms with Gasteiger partial charge in [-0.25, -0.2) is 0 Å². The number of terminal acetylenes is 1. The Balaban J connectivity index is 2.87. The molecule has 0 aliphatic carbocycles. The second-order valence-corrected chi connectivity index (χ2v) is 4.74. The van der Waals surface area contributed by atoms with Gasteiger partial charge in [0.25, 0.3) is 5.91 Å². The van der Waals surface area contributed by atoms with Crippen LogP contribution in [0.5, 0.6) is 5.75 Å². The number of hydrogen-bond donors (Lipinski definition) is 1. The number of benzene rings is 1. The molecule has 18 heavy (non-hydrogen) atoms. The first-order chi connectivity index (χ1) is 8.62. The van der Waals surface area contributed by atoms with Gasteiger partial charge in [0.1, 0.15) is 5.75 Å². The first-order valence-electron chi connectivity index (χ1n) is 5.72. The van der Waals surface area contributed by atoms with E-state index in [1.165, 1.54) is 7.11 Å². The Kier molecular flexibility index (Phi) is 5.73. The van der Waals surface area contributed by atoms with Crippen LogP contribution in [0.1, 0.15) is 30.1 Å². The molecule has 4 heteroatoms. The summed E-state index contributed by atoms with van der Waals surface area (Å²) in [5.74, 6) is 2.88. The predicted molar refractivity (Wildman–Crippen MR) is 75.7 cm³/mol. The topological polar surface area (TPSA) is 38.3 Å². The number of carbonyl (C=O) groups excluding carboxylic acids is 1.